The molecule has 0 aliphatic carbocycles. The van der Waals surface area contributed by atoms with Gasteiger partial charge in [0, 0.05) is 24.0 Å². The van der Waals surface area contributed by atoms with Crippen LogP contribution in [0.3, 0.4) is 0 Å². The van der Waals surface area contributed by atoms with Crippen LogP contribution in [-0.2, 0) is 0 Å². The summed E-state index contributed by atoms with van der Waals surface area (Å²) in [6.07, 6.45) is 1.21. The third kappa shape index (κ3) is 3.62. The number of piperidine rings is 1. The Morgan fingerprint density at radius 1 is 1.35 bits per heavy atom. The molecule has 1 saturated heterocycles. The summed E-state index contributed by atoms with van der Waals surface area (Å²) in [7, 11) is 0. The number of aliphatic hydroxyl groups excluding tert-OH is 1. The van der Waals surface area contributed by atoms with Gasteiger partial charge in [-0.25, -0.2) is 4.98 Å². The maximum absolute atomic E-state index is 12.5. The van der Waals surface area contributed by atoms with E-state index in [0.29, 0.717) is 24.7 Å². The Bertz CT molecular complexity index is 679. The molecule has 0 spiro atoms. The normalized spacial score (nSPS) is 18.4. The SMILES string of the molecule is CC(C)c1ccc(-c2nc(C(=O)N3CCCC(O)C3)cs2)cc1. The van der Waals surface area contributed by atoms with E-state index in [9.17, 15) is 9.90 Å². The third-order valence-corrected chi connectivity index (χ3v) is 5.12. The third-order valence-electron chi connectivity index (χ3n) is 4.23. The van der Waals surface area contributed by atoms with Gasteiger partial charge in [0.05, 0.1) is 6.10 Å². The Morgan fingerprint density at radius 3 is 2.74 bits per heavy atom. The molecule has 1 aromatic carbocycles. The molecule has 0 saturated carbocycles. The summed E-state index contributed by atoms with van der Waals surface area (Å²) in [6, 6.07) is 8.36. The molecule has 0 radical (unpaired) electrons. The molecule has 122 valence electrons. The fourth-order valence-corrected chi connectivity index (χ4v) is 3.62. The van der Waals surface area contributed by atoms with E-state index in [1.165, 1.54) is 16.9 Å². The smallest absolute Gasteiger partial charge is 0.273 e. The van der Waals surface area contributed by atoms with E-state index < -0.39 is 6.10 Å². The van der Waals surface area contributed by atoms with Crippen molar-refractivity contribution in [3.8, 4) is 10.6 Å². The van der Waals surface area contributed by atoms with E-state index in [0.717, 1.165) is 23.4 Å². The van der Waals surface area contributed by atoms with Crippen molar-refractivity contribution in [3.63, 3.8) is 0 Å². The first-order valence-electron chi connectivity index (χ1n) is 8.08. The Hall–Kier alpha value is -1.72. The van der Waals surface area contributed by atoms with E-state index in [1.807, 2.05) is 5.38 Å². The van der Waals surface area contributed by atoms with Gasteiger partial charge in [-0.05, 0) is 24.3 Å². The molecular formula is C18H22N2O2S. The largest absolute Gasteiger partial charge is 0.391 e. The highest BCUT2D eigenvalue weighted by Crippen LogP contribution is 2.26. The maximum Gasteiger partial charge on any atom is 0.273 e. The van der Waals surface area contributed by atoms with Gasteiger partial charge in [0.25, 0.3) is 5.91 Å². The number of aliphatic hydroxyl groups is 1. The lowest BCUT2D eigenvalue weighted by Gasteiger charge is -2.29. The van der Waals surface area contributed by atoms with Gasteiger partial charge in [-0.1, -0.05) is 38.1 Å². The molecule has 1 aliphatic rings. The number of thiazole rings is 1. The number of rotatable bonds is 3. The number of benzene rings is 1. The summed E-state index contributed by atoms with van der Waals surface area (Å²) in [5.74, 6) is 0.424. The molecule has 1 aromatic heterocycles. The Labute approximate surface area is 140 Å². The first-order valence-corrected chi connectivity index (χ1v) is 8.95. The van der Waals surface area contributed by atoms with Crippen molar-refractivity contribution < 1.29 is 9.90 Å². The number of carbonyl (C=O) groups is 1. The molecule has 1 amide bonds. The summed E-state index contributed by atoms with van der Waals surface area (Å²) in [4.78, 5) is 18.7. The molecule has 1 fully saturated rings. The number of hydrogen-bond donors (Lipinski definition) is 1. The molecule has 5 heteroatoms. The number of nitrogens with zero attached hydrogens (tertiary/aromatic N) is 2. The van der Waals surface area contributed by atoms with Crippen molar-refractivity contribution in [2.75, 3.05) is 13.1 Å². The van der Waals surface area contributed by atoms with Crippen LogP contribution < -0.4 is 0 Å². The molecule has 0 bridgehead atoms. The standard InChI is InChI=1S/C18H22N2O2S/c1-12(2)13-5-7-14(8-6-13)17-19-16(11-23-17)18(22)20-9-3-4-15(21)10-20/h5-8,11-12,15,21H,3-4,9-10H2,1-2H3. The predicted molar refractivity (Wildman–Crippen MR) is 92.8 cm³/mol. The Balaban J connectivity index is 1.76. The van der Waals surface area contributed by atoms with E-state index >= 15 is 0 Å². The van der Waals surface area contributed by atoms with Crippen molar-refractivity contribution >= 4 is 17.2 Å². The van der Waals surface area contributed by atoms with Gasteiger partial charge in [0.15, 0.2) is 0 Å². The van der Waals surface area contributed by atoms with Crippen LogP contribution in [0.1, 0.15) is 48.7 Å². The highest BCUT2D eigenvalue weighted by Gasteiger charge is 2.24. The zero-order valence-corrected chi connectivity index (χ0v) is 14.3. The highest BCUT2D eigenvalue weighted by molar-refractivity contribution is 7.13. The number of likely N-dealkylation sites (tertiary alicyclic amines) is 1. The second-order valence-corrected chi connectivity index (χ2v) is 7.22. The zero-order chi connectivity index (χ0) is 16.4. The van der Waals surface area contributed by atoms with Crippen LogP contribution in [0.5, 0.6) is 0 Å². The molecule has 3 rings (SSSR count). The molecule has 2 aromatic rings. The Kier molecular flexibility index (Phi) is 4.78. The number of hydrogen-bond acceptors (Lipinski definition) is 4. The second kappa shape index (κ2) is 6.81. The van der Waals surface area contributed by atoms with E-state index in [1.54, 1.807) is 4.90 Å². The van der Waals surface area contributed by atoms with Crippen molar-refractivity contribution in [2.45, 2.75) is 38.7 Å². The number of amides is 1. The lowest BCUT2D eigenvalue weighted by molar-refractivity contribution is 0.0469. The minimum absolute atomic E-state index is 0.0787. The number of carbonyl (C=O) groups excluding carboxylic acids is 1. The average Bonchev–Trinajstić information content (AvgIpc) is 3.04. The van der Waals surface area contributed by atoms with Gasteiger partial charge in [0.2, 0.25) is 0 Å². The van der Waals surface area contributed by atoms with Gasteiger partial charge >= 0.3 is 0 Å². The summed E-state index contributed by atoms with van der Waals surface area (Å²) in [5, 5.41) is 12.4. The van der Waals surface area contributed by atoms with Crippen LogP contribution >= 0.6 is 11.3 Å². The predicted octanol–water partition coefficient (Wildman–Crippen LogP) is 3.53. The summed E-state index contributed by atoms with van der Waals surface area (Å²) in [6.45, 7) is 5.45. The topological polar surface area (TPSA) is 53.4 Å². The molecule has 2 heterocycles. The summed E-state index contributed by atoms with van der Waals surface area (Å²) >= 11 is 1.49. The lowest BCUT2D eigenvalue weighted by atomic mass is 10.0. The molecule has 23 heavy (non-hydrogen) atoms. The summed E-state index contributed by atoms with van der Waals surface area (Å²) in [5.41, 5.74) is 2.81. The van der Waals surface area contributed by atoms with Crippen LogP contribution in [0.15, 0.2) is 29.6 Å². The average molecular weight is 330 g/mol. The van der Waals surface area contributed by atoms with Crippen molar-refractivity contribution in [1.29, 1.82) is 0 Å². The first kappa shape index (κ1) is 16.1. The second-order valence-electron chi connectivity index (χ2n) is 6.36. The van der Waals surface area contributed by atoms with Crippen LogP contribution in [-0.4, -0.2) is 40.1 Å². The lowest BCUT2D eigenvalue weighted by Crippen LogP contribution is -2.42. The minimum atomic E-state index is -0.408. The Morgan fingerprint density at radius 2 is 2.09 bits per heavy atom. The van der Waals surface area contributed by atoms with Gasteiger partial charge in [-0.3, -0.25) is 4.79 Å². The fourth-order valence-electron chi connectivity index (χ4n) is 2.82. The molecule has 1 unspecified atom stereocenters. The minimum Gasteiger partial charge on any atom is -0.391 e. The van der Waals surface area contributed by atoms with Gasteiger partial charge in [-0.2, -0.15) is 0 Å². The van der Waals surface area contributed by atoms with Gasteiger partial charge < -0.3 is 10.0 Å². The van der Waals surface area contributed by atoms with Crippen LogP contribution in [0.25, 0.3) is 10.6 Å². The van der Waals surface area contributed by atoms with Crippen molar-refractivity contribution in [1.82, 2.24) is 9.88 Å². The van der Waals surface area contributed by atoms with Crippen molar-refractivity contribution in [3.05, 3.63) is 40.9 Å². The monoisotopic (exact) mass is 330 g/mol. The van der Waals surface area contributed by atoms with Gasteiger partial charge in [-0.15, -0.1) is 11.3 Å². The highest BCUT2D eigenvalue weighted by atomic mass is 32.1. The summed E-state index contributed by atoms with van der Waals surface area (Å²) < 4.78 is 0. The molecule has 1 aliphatic heterocycles. The quantitative estimate of drug-likeness (QED) is 0.936. The first-order chi connectivity index (χ1) is 11.0. The van der Waals surface area contributed by atoms with Crippen LogP contribution in [0, 0.1) is 0 Å². The molecule has 4 nitrogen and oxygen atoms in total. The van der Waals surface area contributed by atoms with Crippen molar-refractivity contribution in [2.24, 2.45) is 0 Å². The van der Waals surface area contributed by atoms with Crippen LogP contribution in [0.2, 0.25) is 0 Å². The zero-order valence-electron chi connectivity index (χ0n) is 13.5. The molecule has 1 atom stereocenters. The fraction of sp³-hybridized carbons (Fsp3) is 0.444. The van der Waals surface area contributed by atoms with E-state index in [-0.39, 0.29) is 5.91 Å². The molecular weight excluding hydrogens is 308 g/mol. The van der Waals surface area contributed by atoms with Crippen LogP contribution in [0.4, 0.5) is 0 Å². The van der Waals surface area contributed by atoms with E-state index in [4.69, 9.17) is 0 Å². The van der Waals surface area contributed by atoms with Gasteiger partial charge in [0.1, 0.15) is 10.7 Å². The molecule has 1 N–H and O–H groups in total. The van der Waals surface area contributed by atoms with E-state index in [2.05, 4.69) is 43.1 Å². The number of β-amino-alcohol motifs (C(OH)–C–C–N with tert-alkyl or cyclic N) is 1. The number of aromatic nitrogens is 1. The maximum atomic E-state index is 12.5.